The summed E-state index contributed by atoms with van der Waals surface area (Å²) < 4.78 is 0. The van der Waals surface area contributed by atoms with Gasteiger partial charge in [0.25, 0.3) is 0 Å². The Morgan fingerprint density at radius 1 is 1.07 bits per heavy atom. The van der Waals surface area contributed by atoms with Crippen LogP contribution in [0, 0.1) is 0 Å². The molecule has 2 aromatic carbocycles. The molecular formula is C23H27N3O3. The second-order valence-electron chi connectivity index (χ2n) is 7.48. The van der Waals surface area contributed by atoms with Crippen molar-refractivity contribution < 1.29 is 14.4 Å². The van der Waals surface area contributed by atoms with Crippen LogP contribution in [0.25, 0.3) is 11.1 Å². The third kappa shape index (κ3) is 4.47. The van der Waals surface area contributed by atoms with Gasteiger partial charge in [-0.2, -0.15) is 0 Å². The van der Waals surface area contributed by atoms with Gasteiger partial charge in [-0.3, -0.25) is 14.4 Å². The molecule has 29 heavy (non-hydrogen) atoms. The van der Waals surface area contributed by atoms with E-state index in [0.29, 0.717) is 12.8 Å². The predicted octanol–water partition coefficient (Wildman–Crippen LogP) is 4.02. The van der Waals surface area contributed by atoms with E-state index < -0.39 is 0 Å². The summed E-state index contributed by atoms with van der Waals surface area (Å²) in [7, 11) is 0. The van der Waals surface area contributed by atoms with Crippen molar-refractivity contribution in [2.75, 3.05) is 10.2 Å². The predicted molar refractivity (Wildman–Crippen MR) is 115 cm³/mol. The molecule has 6 heteroatoms. The van der Waals surface area contributed by atoms with Gasteiger partial charge < -0.3 is 15.5 Å². The molecule has 0 radical (unpaired) electrons. The van der Waals surface area contributed by atoms with Crippen LogP contribution in [0.4, 0.5) is 11.4 Å². The Morgan fingerprint density at radius 3 is 2.45 bits per heavy atom. The number of carbonyl (C=O) groups excluding carboxylic acids is 3. The summed E-state index contributed by atoms with van der Waals surface area (Å²) >= 11 is 0. The highest BCUT2D eigenvalue weighted by Crippen LogP contribution is 2.39. The number of hydrogen-bond acceptors (Lipinski definition) is 3. The first-order valence-electron chi connectivity index (χ1n) is 9.91. The molecule has 152 valence electrons. The minimum atomic E-state index is -0.151. The zero-order chi connectivity index (χ0) is 21.1. The Balaban J connectivity index is 2.06. The summed E-state index contributed by atoms with van der Waals surface area (Å²) in [6.45, 7) is 6.87. The van der Waals surface area contributed by atoms with Gasteiger partial charge in [-0.15, -0.1) is 0 Å². The van der Waals surface area contributed by atoms with Gasteiger partial charge in [0.05, 0.1) is 6.04 Å². The Kier molecular flexibility index (Phi) is 6.01. The molecule has 0 aromatic heterocycles. The first-order valence-corrected chi connectivity index (χ1v) is 9.91. The van der Waals surface area contributed by atoms with E-state index in [0.717, 1.165) is 28.1 Å². The molecule has 1 aliphatic heterocycles. The second kappa shape index (κ2) is 8.47. The van der Waals surface area contributed by atoms with Crippen molar-refractivity contribution in [3.63, 3.8) is 0 Å². The highest BCUT2D eigenvalue weighted by atomic mass is 16.2. The molecule has 0 spiro atoms. The van der Waals surface area contributed by atoms with Crippen LogP contribution in [0.15, 0.2) is 42.5 Å². The molecule has 0 aliphatic carbocycles. The molecule has 2 aromatic rings. The van der Waals surface area contributed by atoms with Gasteiger partial charge >= 0.3 is 0 Å². The number of benzene rings is 2. The number of amides is 3. The van der Waals surface area contributed by atoms with Crippen molar-refractivity contribution >= 4 is 29.1 Å². The average molecular weight is 393 g/mol. The maximum absolute atomic E-state index is 12.3. The monoisotopic (exact) mass is 393 g/mol. The lowest BCUT2D eigenvalue weighted by molar-refractivity contribution is -0.121. The molecule has 3 rings (SSSR count). The van der Waals surface area contributed by atoms with Crippen molar-refractivity contribution in [1.29, 1.82) is 0 Å². The van der Waals surface area contributed by atoms with E-state index in [9.17, 15) is 14.4 Å². The molecular weight excluding hydrogens is 366 g/mol. The van der Waals surface area contributed by atoms with E-state index in [-0.39, 0.29) is 29.8 Å². The lowest BCUT2D eigenvalue weighted by atomic mass is 9.89. The molecule has 0 fully saturated rings. The average Bonchev–Trinajstić information content (AvgIpc) is 2.67. The molecule has 6 nitrogen and oxygen atoms in total. The highest BCUT2D eigenvalue weighted by molar-refractivity contribution is 5.94. The molecule has 0 saturated carbocycles. The van der Waals surface area contributed by atoms with Crippen LogP contribution in [0.5, 0.6) is 0 Å². The van der Waals surface area contributed by atoms with Crippen LogP contribution in [0.3, 0.4) is 0 Å². The maximum atomic E-state index is 12.3. The van der Waals surface area contributed by atoms with Crippen molar-refractivity contribution in [2.24, 2.45) is 0 Å². The van der Waals surface area contributed by atoms with Gasteiger partial charge in [-0.05, 0) is 54.3 Å². The van der Waals surface area contributed by atoms with Gasteiger partial charge in [0.15, 0.2) is 0 Å². The van der Waals surface area contributed by atoms with Crippen LogP contribution in [-0.4, -0.2) is 23.8 Å². The Bertz CT molecular complexity index is 954. The molecule has 0 saturated heterocycles. The number of fused-ring (bicyclic) bond motifs is 1. The smallest absolute Gasteiger partial charge is 0.224 e. The summed E-state index contributed by atoms with van der Waals surface area (Å²) in [6.07, 6.45) is 1.07. The number of anilines is 2. The summed E-state index contributed by atoms with van der Waals surface area (Å²) in [5.74, 6) is -0.150. The number of carbonyl (C=O) groups is 3. The van der Waals surface area contributed by atoms with Crippen molar-refractivity contribution in [2.45, 2.75) is 52.6 Å². The maximum Gasteiger partial charge on any atom is 0.224 e. The zero-order valence-corrected chi connectivity index (χ0v) is 17.3. The molecule has 2 atom stereocenters. The number of rotatable bonds is 4. The fraction of sp³-hybridized carbons (Fsp3) is 0.348. The first-order chi connectivity index (χ1) is 13.8. The van der Waals surface area contributed by atoms with E-state index in [4.69, 9.17) is 0 Å². The number of hydrogen-bond donors (Lipinski definition) is 2. The highest BCUT2D eigenvalue weighted by Gasteiger charge is 2.33. The zero-order valence-electron chi connectivity index (χ0n) is 17.3. The summed E-state index contributed by atoms with van der Waals surface area (Å²) in [4.78, 5) is 37.5. The van der Waals surface area contributed by atoms with E-state index in [1.54, 1.807) is 11.8 Å². The standard InChI is InChI=1S/C23H27N3O3/c1-5-23(29)25-21-11-14(2)26(16(4)28)22-10-9-18(13-20(21)22)17-7-6-8-19(12-17)24-15(3)27/h6-10,12-14,21H,5,11H2,1-4H3,(H,24,27)(H,25,29)/t14-,21+/m0/s1. The Labute approximate surface area is 171 Å². The van der Waals surface area contributed by atoms with Crippen molar-refractivity contribution in [3.8, 4) is 11.1 Å². The molecule has 1 aliphatic rings. The Hall–Kier alpha value is -3.15. The van der Waals surface area contributed by atoms with Gasteiger partial charge in [-0.1, -0.05) is 25.1 Å². The summed E-state index contributed by atoms with van der Waals surface area (Å²) in [5.41, 5.74) is 4.40. The molecule has 0 bridgehead atoms. The van der Waals surface area contributed by atoms with Crippen LogP contribution in [-0.2, 0) is 14.4 Å². The fourth-order valence-corrected chi connectivity index (χ4v) is 3.94. The molecule has 0 unspecified atom stereocenters. The van der Waals surface area contributed by atoms with Crippen LogP contribution in [0.2, 0.25) is 0 Å². The minimum Gasteiger partial charge on any atom is -0.349 e. The third-order valence-electron chi connectivity index (χ3n) is 5.19. The quantitative estimate of drug-likeness (QED) is 0.823. The third-order valence-corrected chi connectivity index (χ3v) is 5.19. The topological polar surface area (TPSA) is 78.5 Å². The Morgan fingerprint density at radius 2 is 1.79 bits per heavy atom. The number of nitrogens with zero attached hydrogens (tertiary/aromatic N) is 1. The van der Waals surface area contributed by atoms with E-state index in [1.165, 1.54) is 6.92 Å². The van der Waals surface area contributed by atoms with Crippen LogP contribution < -0.4 is 15.5 Å². The SMILES string of the molecule is CCC(=O)N[C@@H]1C[C@H](C)N(C(C)=O)c2ccc(-c3cccc(NC(C)=O)c3)cc21. The van der Waals surface area contributed by atoms with Crippen molar-refractivity contribution in [1.82, 2.24) is 5.32 Å². The van der Waals surface area contributed by atoms with Gasteiger partial charge in [0.1, 0.15) is 0 Å². The van der Waals surface area contributed by atoms with Gasteiger partial charge in [0, 0.05) is 37.7 Å². The second-order valence-corrected chi connectivity index (χ2v) is 7.48. The molecule has 1 heterocycles. The molecule has 2 N–H and O–H groups in total. The first kappa shape index (κ1) is 20.6. The molecule has 3 amide bonds. The summed E-state index contributed by atoms with van der Waals surface area (Å²) in [5, 5.41) is 5.90. The van der Waals surface area contributed by atoms with Crippen LogP contribution >= 0.6 is 0 Å². The van der Waals surface area contributed by atoms with E-state index in [2.05, 4.69) is 10.6 Å². The lowest BCUT2D eigenvalue weighted by Crippen LogP contribution is -2.45. The van der Waals surface area contributed by atoms with Crippen LogP contribution in [0.1, 0.15) is 52.1 Å². The minimum absolute atomic E-state index is 0.00361. The normalized spacial score (nSPS) is 18.0. The largest absolute Gasteiger partial charge is 0.349 e. The van der Waals surface area contributed by atoms with Gasteiger partial charge in [-0.25, -0.2) is 0 Å². The lowest BCUT2D eigenvalue weighted by Gasteiger charge is -2.39. The van der Waals surface area contributed by atoms with E-state index >= 15 is 0 Å². The van der Waals surface area contributed by atoms with E-state index in [1.807, 2.05) is 56.3 Å². The van der Waals surface area contributed by atoms with Gasteiger partial charge in [0.2, 0.25) is 17.7 Å². The number of nitrogens with one attached hydrogen (secondary N) is 2. The van der Waals surface area contributed by atoms with Crippen molar-refractivity contribution in [3.05, 3.63) is 48.0 Å². The summed E-state index contributed by atoms with van der Waals surface area (Å²) in [6, 6.07) is 13.4. The fourth-order valence-electron chi connectivity index (χ4n) is 3.94.